The summed E-state index contributed by atoms with van der Waals surface area (Å²) in [5.41, 5.74) is 13.4. The summed E-state index contributed by atoms with van der Waals surface area (Å²) in [5, 5.41) is 5.89. The molecule has 0 fully saturated rings. The third kappa shape index (κ3) is 7.64. The maximum Gasteiger partial charge on any atom is 0.164 e. The van der Waals surface area contributed by atoms with Crippen molar-refractivity contribution in [1.82, 2.24) is 24.8 Å². The van der Waals surface area contributed by atoms with Gasteiger partial charge >= 0.3 is 0 Å². The van der Waals surface area contributed by atoms with Crippen molar-refractivity contribution in [2.24, 2.45) is 9.98 Å². The van der Waals surface area contributed by atoms with E-state index in [-0.39, 0.29) is 6.17 Å². The van der Waals surface area contributed by atoms with Gasteiger partial charge in [0, 0.05) is 44.3 Å². The Bertz CT molecular complexity index is 3580. The van der Waals surface area contributed by atoms with Crippen LogP contribution in [0.3, 0.4) is 0 Å². The molecule has 316 valence electrons. The van der Waals surface area contributed by atoms with E-state index < -0.39 is 0 Å². The van der Waals surface area contributed by atoms with Crippen molar-refractivity contribution in [2.45, 2.75) is 6.17 Å². The zero-order valence-electron chi connectivity index (χ0n) is 36.3. The topological polar surface area (TPSA) is 80.3 Å². The molecule has 0 saturated carbocycles. The van der Waals surface area contributed by atoms with Crippen LogP contribution >= 0.6 is 0 Å². The van der Waals surface area contributed by atoms with E-state index in [9.17, 15) is 0 Å². The van der Waals surface area contributed by atoms with E-state index in [2.05, 4.69) is 149 Å². The molecule has 1 unspecified atom stereocenters. The number of hydrogen-bond donors (Lipinski definition) is 1. The molecule has 3 heterocycles. The molecule has 12 rings (SSSR count). The van der Waals surface area contributed by atoms with Gasteiger partial charge in [0.15, 0.2) is 23.3 Å². The molecule has 0 aliphatic carbocycles. The smallest absolute Gasteiger partial charge is 0.164 e. The Morgan fingerprint density at radius 2 is 0.910 bits per heavy atom. The Labute approximate surface area is 388 Å². The fraction of sp³-hybridized carbons (Fsp3) is 0.0167. The first-order chi connectivity index (χ1) is 33.2. The molecule has 9 aromatic carbocycles. The van der Waals surface area contributed by atoms with Gasteiger partial charge in [0.05, 0.1) is 11.0 Å². The molecule has 1 aliphatic rings. The fourth-order valence-corrected chi connectivity index (χ4v) is 9.07. The third-order valence-electron chi connectivity index (χ3n) is 12.3. The highest BCUT2D eigenvalue weighted by Crippen LogP contribution is 2.41. The second-order valence-electron chi connectivity index (χ2n) is 16.5. The summed E-state index contributed by atoms with van der Waals surface area (Å²) >= 11 is 0. The standard InChI is InChI=1S/C60H41N7/c1-6-19-40(20-7-1)45-35-36-52-51(39-45)54-50(46-29-16-30-47(37-46)59-63-55(41-21-8-2-9-22-41)61-56(64-59)42-23-10-3-11-24-42)33-18-34-53(54)67(52)49-32-17-31-48(38-49)60-65-57(43-25-12-4-13-26-43)62-58(66-60)44-27-14-5-15-28-44/h1-39,55H,(H,61,63,64). The largest absolute Gasteiger partial charge is 0.344 e. The second kappa shape index (κ2) is 17.1. The highest BCUT2D eigenvalue weighted by atomic mass is 15.2. The van der Waals surface area contributed by atoms with Gasteiger partial charge in [-0.1, -0.05) is 200 Å². The number of benzene rings is 9. The molecule has 1 aliphatic heterocycles. The van der Waals surface area contributed by atoms with Crippen molar-refractivity contribution in [3.05, 3.63) is 253 Å². The van der Waals surface area contributed by atoms with E-state index in [1.807, 2.05) is 97.1 Å². The Balaban J connectivity index is 1.03. The maximum atomic E-state index is 5.21. The molecule has 11 aromatic rings. The number of aromatic nitrogens is 4. The minimum Gasteiger partial charge on any atom is -0.344 e. The summed E-state index contributed by atoms with van der Waals surface area (Å²) in [5.74, 6) is 3.32. The van der Waals surface area contributed by atoms with Crippen molar-refractivity contribution >= 4 is 33.5 Å². The van der Waals surface area contributed by atoms with E-state index in [1.165, 1.54) is 0 Å². The Kier molecular flexibility index (Phi) is 10.1. The summed E-state index contributed by atoms with van der Waals surface area (Å²) in [6.45, 7) is 0. The summed E-state index contributed by atoms with van der Waals surface area (Å²) in [7, 11) is 0. The lowest BCUT2D eigenvalue weighted by Gasteiger charge is -2.23. The molecule has 0 radical (unpaired) electrons. The quantitative estimate of drug-likeness (QED) is 0.157. The van der Waals surface area contributed by atoms with Gasteiger partial charge in [-0.05, 0) is 64.2 Å². The molecule has 2 aromatic heterocycles. The van der Waals surface area contributed by atoms with Crippen molar-refractivity contribution in [1.29, 1.82) is 0 Å². The molecule has 0 saturated heterocycles. The monoisotopic (exact) mass is 859 g/mol. The van der Waals surface area contributed by atoms with Gasteiger partial charge in [-0.15, -0.1) is 0 Å². The molecule has 0 bridgehead atoms. The van der Waals surface area contributed by atoms with Crippen LogP contribution in [0.15, 0.2) is 247 Å². The van der Waals surface area contributed by atoms with Gasteiger partial charge in [-0.2, -0.15) is 0 Å². The predicted octanol–water partition coefficient (Wildman–Crippen LogP) is 13.8. The summed E-state index contributed by atoms with van der Waals surface area (Å²) in [6.07, 6.45) is -0.298. The van der Waals surface area contributed by atoms with Crippen LogP contribution in [-0.4, -0.2) is 31.2 Å². The lowest BCUT2D eigenvalue weighted by atomic mass is 9.96. The molecule has 7 nitrogen and oxygen atoms in total. The lowest BCUT2D eigenvalue weighted by molar-refractivity contribution is 0.674. The minimum absolute atomic E-state index is 0.298. The van der Waals surface area contributed by atoms with Crippen LogP contribution in [0.1, 0.15) is 22.9 Å². The molecule has 0 amide bonds. The van der Waals surface area contributed by atoms with Crippen molar-refractivity contribution < 1.29 is 0 Å². The average Bonchev–Trinajstić information content (AvgIpc) is 3.76. The van der Waals surface area contributed by atoms with Crippen molar-refractivity contribution in [3.63, 3.8) is 0 Å². The first-order valence-corrected chi connectivity index (χ1v) is 22.4. The lowest BCUT2D eigenvalue weighted by Crippen LogP contribution is -2.33. The zero-order valence-corrected chi connectivity index (χ0v) is 36.3. The predicted molar refractivity (Wildman–Crippen MR) is 273 cm³/mol. The van der Waals surface area contributed by atoms with Gasteiger partial charge in [-0.3, -0.25) is 0 Å². The Morgan fingerprint density at radius 3 is 1.58 bits per heavy atom. The minimum atomic E-state index is -0.298. The number of nitrogens with one attached hydrogen (secondary N) is 1. The van der Waals surface area contributed by atoms with Gasteiger partial charge < -0.3 is 9.88 Å². The van der Waals surface area contributed by atoms with E-state index in [0.717, 1.165) is 89.0 Å². The SMILES string of the molecule is c1ccc(C2=NC(c3cccc(-c4cccc5c4c4cc(-c6ccccc6)ccc4n5-c4cccc(-c5nc(-c6ccccc6)nc(-c6ccccc6)n5)c4)c3)=NC(c3ccccc3)N2)cc1. The molecule has 7 heteroatoms. The normalized spacial score (nSPS) is 13.5. The van der Waals surface area contributed by atoms with E-state index >= 15 is 0 Å². The molecular weight excluding hydrogens is 819 g/mol. The first-order valence-electron chi connectivity index (χ1n) is 22.4. The first kappa shape index (κ1) is 39.5. The van der Waals surface area contributed by atoms with Gasteiger partial charge in [0.1, 0.15) is 12.0 Å². The molecular formula is C60H41N7. The number of amidine groups is 2. The molecule has 1 N–H and O–H groups in total. The van der Waals surface area contributed by atoms with E-state index in [0.29, 0.717) is 23.3 Å². The number of fused-ring (bicyclic) bond motifs is 3. The number of nitrogens with zero attached hydrogens (tertiary/aromatic N) is 6. The molecule has 0 spiro atoms. The van der Waals surface area contributed by atoms with Crippen LogP contribution in [0.25, 0.3) is 83.9 Å². The average molecular weight is 860 g/mol. The second-order valence-corrected chi connectivity index (χ2v) is 16.5. The van der Waals surface area contributed by atoms with Crippen LogP contribution < -0.4 is 5.32 Å². The van der Waals surface area contributed by atoms with Crippen molar-refractivity contribution in [3.8, 4) is 62.1 Å². The van der Waals surface area contributed by atoms with Crippen LogP contribution in [-0.2, 0) is 0 Å². The third-order valence-corrected chi connectivity index (χ3v) is 12.3. The van der Waals surface area contributed by atoms with Crippen molar-refractivity contribution in [2.75, 3.05) is 0 Å². The van der Waals surface area contributed by atoms with Crippen LogP contribution in [0.4, 0.5) is 0 Å². The van der Waals surface area contributed by atoms with E-state index in [1.54, 1.807) is 0 Å². The van der Waals surface area contributed by atoms with Gasteiger partial charge in [0.2, 0.25) is 0 Å². The molecule has 67 heavy (non-hydrogen) atoms. The maximum absolute atomic E-state index is 5.21. The highest BCUT2D eigenvalue weighted by molar-refractivity contribution is 6.17. The molecule has 1 atom stereocenters. The number of hydrogen-bond acceptors (Lipinski definition) is 6. The number of aliphatic imine (C=N–C) groups is 2. The van der Waals surface area contributed by atoms with Gasteiger partial charge in [0.25, 0.3) is 0 Å². The Hall–Kier alpha value is -9.07. The zero-order chi connectivity index (χ0) is 44.5. The summed E-state index contributed by atoms with van der Waals surface area (Å²) in [4.78, 5) is 25.5. The van der Waals surface area contributed by atoms with Gasteiger partial charge in [-0.25, -0.2) is 24.9 Å². The highest BCUT2D eigenvalue weighted by Gasteiger charge is 2.23. The Morgan fingerprint density at radius 1 is 0.373 bits per heavy atom. The number of rotatable bonds is 9. The van der Waals surface area contributed by atoms with E-state index in [4.69, 9.17) is 24.9 Å². The summed E-state index contributed by atoms with van der Waals surface area (Å²) in [6, 6.07) is 82.0. The fourth-order valence-electron chi connectivity index (χ4n) is 9.07. The van der Waals surface area contributed by atoms with Crippen LogP contribution in [0.5, 0.6) is 0 Å². The van der Waals surface area contributed by atoms with Crippen LogP contribution in [0.2, 0.25) is 0 Å². The van der Waals surface area contributed by atoms with Crippen LogP contribution in [0, 0.1) is 0 Å². The summed E-state index contributed by atoms with van der Waals surface area (Å²) < 4.78 is 2.37.